The van der Waals surface area contributed by atoms with Crippen LogP contribution in [0.1, 0.15) is 12.5 Å². The van der Waals surface area contributed by atoms with E-state index in [-0.39, 0.29) is 0 Å². The molecule has 0 fully saturated rings. The molecule has 0 saturated carbocycles. The van der Waals surface area contributed by atoms with E-state index >= 15 is 0 Å². The van der Waals surface area contributed by atoms with Crippen LogP contribution in [0.5, 0.6) is 0 Å². The zero-order valence-electron chi connectivity index (χ0n) is 9.54. The summed E-state index contributed by atoms with van der Waals surface area (Å²) < 4.78 is 0. The van der Waals surface area contributed by atoms with Gasteiger partial charge in [-0.05, 0) is 19.1 Å². The molecule has 1 aromatic rings. The van der Waals surface area contributed by atoms with Gasteiger partial charge in [-0.1, -0.05) is 12.1 Å². The summed E-state index contributed by atoms with van der Waals surface area (Å²) in [4.78, 5) is 23.7. The molecule has 1 atom stereocenters. The van der Waals surface area contributed by atoms with Gasteiger partial charge < -0.3 is 10.0 Å². The van der Waals surface area contributed by atoms with Crippen LogP contribution < -0.4 is 4.90 Å². The molecular weight excluding hydrogens is 220 g/mol. The predicted octanol–water partition coefficient (Wildman–Crippen LogP) is 1.24. The summed E-state index contributed by atoms with van der Waals surface area (Å²) in [5, 5.41) is 17.7. The third-order valence-corrected chi connectivity index (χ3v) is 2.46. The molecule has 0 aliphatic rings. The summed E-state index contributed by atoms with van der Waals surface area (Å²) in [5.41, 5.74) is 0.744. The van der Waals surface area contributed by atoms with Gasteiger partial charge in [0.05, 0.1) is 11.3 Å². The van der Waals surface area contributed by atoms with Gasteiger partial charge in [-0.3, -0.25) is 9.59 Å². The molecule has 1 unspecified atom stereocenters. The molecule has 1 N–H and O–H groups in total. The lowest BCUT2D eigenvalue weighted by Gasteiger charge is -2.20. The van der Waals surface area contributed by atoms with Crippen LogP contribution in [0, 0.1) is 17.2 Å². The molecule has 1 aromatic carbocycles. The van der Waals surface area contributed by atoms with E-state index in [0.717, 1.165) is 0 Å². The number of nitrogens with zero attached hydrogens (tertiary/aromatic N) is 2. The quantitative estimate of drug-likeness (QED) is 0.795. The number of benzene rings is 1. The largest absolute Gasteiger partial charge is 0.481 e. The Labute approximate surface area is 98.9 Å². The first kappa shape index (κ1) is 12.7. The molecule has 17 heavy (non-hydrogen) atoms. The molecule has 0 aromatic heterocycles. The van der Waals surface area contributed by atoms with Crippen LogP contribution in [0.15, 0.2) is 24.3 Å². The fourth-order valence-electron chi connectivity index (χ4n) is 1.38. The Morgan fingerprint density at radius 3 is 2.53 bits per heavy atom. The minimum Gasteiger partial charge on any atom is -0.481 e. The number of para-hydroxylation sites is 1. The maximum absolute atomic E-state index is 11.8. The molecule has 0 heterocycles. The van der Waals surface area contributed by atoms with Crippen LogP contribution >= 0.6 is 0 Å². The summed E-state index contributed by atoms with van der Waals surface area (Å²) in [6.45, 7) is 1.32. The van der Waals surface area contributed by atoms with Crippen LogP contribution in [0.4, 0.5) is 5.69 Å². The number of nitriles is 1. The van der Waals surface area contributed by atoms with Crippen molar-refractivity contribution < 1.29 is 14.7 Å². The second-order valence-corrected chi connectivity index (χ2v) is 3.59. The Bertz CT molecular complexity index is 491. The van der Waals surface area contributed by atoms with Crippen molar-refractivity contribution in [2.24, 2.45) is 5.92 Å². The lowest BCUT2D eigenvalue weighted by molar-refractivity contribution is -0.145. The second kappa shape index (κ2) is 5.12. The van der Waals surface area contributed by atoms with Crippen molar-refractivity contribution in [3.05, 3.63) is 29.8 Å². The average molecular weight is 232 g/mol. The smallest absolute Gasteiger partial charge is 0.315 e. The van der Waals surface area contributed by atoms with Crippen molar-refractivity contribution in [2.45, 2.75) is 6.92 Å². The van der Waals surface area contributed by atoms with Gasteiger partial charge in [0.2, 0.25) is 5.91 Å². The van der Waals surface area contributed by atoms with Crippen molar-refractivity contribution in [2.75, 3.05) is 11.9 Å². The molecule has 5 nitrogen and oxygen atoms in total. The molecule has 0 saturated heterocycles. The molecule has 88 valence electrons. The third-order valence-electron chi connectivity index (χ3n) is 2.46. The van der Waals surface area contributed by atoms with Crippen molar-refractivity contribution in [3.63, 3.8) is 0 Å². The van der Waals surface area contributed by atoms with Gasteiger partial charge in [-0.2, -0.15) is 5.26 Å². The second-order valence-electron chi connectivity index (χ2n) is 3.59. The normalized spacial score (nSPS) is 11.4. The lowest BCUT2D eigenvalue weighted by Crippen LogP contribution is -2.35. The fourth-order valence-corrected chi connectivity index (χ4v) is 1.38. The number of hydrogen-bond acceptors (Lipinski definition) is 3. The Balaban J connectivity index is 3.05. The number of anilines is 1. The number of rotatable bonds is 3. The monoisotopic (exact) mass is 232 g/mol. The Morgan fingerprint density at radius 2 is 2.00 bits per heavy atom. The van der Waals surface area contributed by atoms with E-state index in [4.69, 9.17) is 10.4 Å². The standard InChI is InChI=1S/C12H12N2O3/c1-8(12(16)17)11(15)14(2)10-6-4-3-5-9(10)7-13/h3-6,8H,1-2H3,(H,16,17). The Kier molecular flexibility index (Phi) is 3.83. The summed E-state index contributed by atoms with van der Waals surface area (Å²) in [5.74, 6) is -2.87. The summed E-state index contributed by atoms with van der Waals surface area (Å²) in [6.07, 6.45) is 0. The summed E-state index contributed by atoms with van der Waals surface area (Å²) >= 11 is 0. The number of carboxylic acid groups (broad SMARTS) is 1. The summed E-state index contributed by atoms with van der Waals surface area (Å²) in [6, 6.07) is 8.50. The first-order valence-corrected chi connectivity index (χ1v) is 4.98. The highest BCUT2D eigenvalue weighted by Crippen LogP contribution is 2.19. The molecule has 0 spiro atoms. The number of carbonyl (C=O) groups excluding carboxylic acids is 1. The molecule has 1 rings (SSSR count). The fraction of sp³-hybridized carbons (Fsp3) is 0.250. The predicted molar refractivity (Wildman–Crippen MR) is 61.4 cm³/mol. The van der Waals surface area contributed by atoms with E-state index in [0.29, 0.717) is 11.3 Å². The van der Waals surface area contributed by atoms with E-state index in [1.165, 1.54) is 18.9 Å². The number of carboxylic acids is 1. The molecule has 0 bridgehead atoms. The van der Waals surface area contributed by atoms with Gasteiger partial charge in [-0.25, -0.2) is 0 Å². The van der Waals surface area contributed by atoms with Gasteiger partial charge >= 0.3 is 5.97 Å². The number of aliphatic carboxylic acids is 1. The maximum Gasteiger partial charge on any atom is 0.315 e. The van der Waals surface area contributed by atoms with E-state index in [1.54, 1.807) is 24.3 Å². The van der Waals surface area contributed by atoms with Crippen molar-refractivity contribution in [1.29, 1.82) is 5.26 Å². The van der Waals surface area contributed by atoms with Gasteiger partial charge in [0.25, 0.3) is 0 Å². The van der Waals surface area contributed by atoms with Crippen molar-refractivity contribution >= 4 is 17.6 Å². The third kappa shape index (κ3) is 2.61. The minimum absolute atomic E-state index is 0.334. The van der Waals surface area contributed by atoms with Crippen LogP contribution in [-0.2, 0) is 9.59 Å². The van der Waals surface area contributed by atoms with Gasteiger partial charge in [0, 0.05) is 7.05 Å². The SMILES string of the molecule is CC(C(=O)O)C(=O)N(C)c1ccccc1C#N. The van der Waals surface area contributed by atoms with Crippen LogP contribution in [0.2, 0.25) is 0 Å². The van der Waals surface area contributed by atoms with Crippen LogP contribution in [0.3, 0.4) is 0 Å². The van der Waals surface area contributed by atoms with Gasteiger partial charge in [-0.15, -0.1) is 0 Å². The molecule has 0 aliphatic carbocycles. The Hall–Kier alpha value is -2.35. The molecular formula is C12H12N2O3. The first-order valence-electron chi connectivity index (χ1n) is 4.98. The molecule has 0 radical (unpaired) electrons. The van der Waals surface area contributed by atoms with Gasteiger partial charge in [0.1, 0.15) is 12.0 Å². The van der Waals surface area contributed by atoms with Crippen molar-refractivity contribution in [3.8, 4) is 6.07 Å². The van der Waals surface area contributed by atoms with E-state index in [1.807, 2.05) is 6.07 Å². The average Bonchev–Trinajstić information content (AvgIpc) is 2.35. The highest BCUT2D eigenvalue weighted by molar-refractivity contribution is 6.05. The first-order chi connectivity index (χ1) is 7.99. The minimum atomic E-state index is -1.18. The van der Waals surface area contributed by atoms with Crippen molar-refractivity contribution in [1.82, 2.24) is 0 Å². The molecule has 0 aliphatic heterocycles. The highest BCUT2D eigenvalue weighted by atomic mass is 16.4. The zero-order valence-corrected chi connectivity index (χ0v) is 9.54. The molecule has 5 heteroatoms. The van der Waals surface area contributed by atoms with E-state index in [2.05, 4.69) is 0 Å². The number of amides is 1. The Morgan fingerprint density at radius 1 is 1.41 bits per heavy atom. The topological polar surface area (TPSA) is 81.4 Å². The van der Waals surface area contributed by atoms with Gasteiger partial charge in [0.15, 0.2) is 0 Å². The maximum atomic E-state index is 11.8. The van der Waals surface area contributed by atoms with Crippen LogP contribution in [-0.4, -0.2) is 24.0 Å². The van der Waals surface area contributed by atoms with Crippen LogP contribution in [0.25, 0.3) is 0 Å². The number of carbonyl (C=O) groups is 2. The number of hydrogen-bond donors (Lipinski definition) is 1. The lowest BCUT2D eigenvalue weighted by atomic mass is 10.1. The van der Waals surface area contributed by atoms with E-state index in [9.17, 15) is 9.59 Å². The highest BCUT2D eigenvalue weighted by Gasteiger charge is 2.25. The van der Waals surface area contributed by atoms with E-state index < -0.39 is 17.8 Å². The zero-order chi connectivity index (χ0) is 13.0. The summed E-state index contributed by atoms with van der Waals surface area (Å²) in [7, 11) is 1.46. The molecule has 1 amide bonds.